The number of hydrogen-bond donors (Lipinski definition) is 2. The van der Waals surface area contributed by atoms with E-state index < -0.39 is 10.0 Å². The van der Waals surface area contributed by atoms with Gasteiger partial charge in [0.15, 0.2) is 0 Å². The second kappa shape index (κ2) is 6.51. The van der Waals surface area contributed by atoms with Crippen molar-refractivity contribution >= 4 is 15.9 Å². The van der Waals surface area contributed by atoms with Crippen LogP contribution in [0, 0.1) is 6.92 Å². The molecule has 0 saturated heterocycles. The van der Waals surface area contributed by atoms with Crippen molar-refractivity contribution in [2.45, 2.75) is 38.0 Å². The van der Waals surface area contributed by atoms with Crippen LogP contribution in [-0.4, -0.2) is 14.3 Å². The third-order valence-electron chi connectivity index (χ3n) is 2.41. The van der Waals surface area contributed by atoms with Gasteiger partial charge in [0.25, 0.3) is 10.0 Å². The van der Waals surface area contributed by atoms with E-state index in [1.807, 2.05) is 13.8 Å². The SMILES string of the molecule is CCCCC(=O)NNS(=O)(=O)c1ccc(C)cc1. The molecule has 0 aromatic heterocycles. The van der Waals surface area contributed by atoms with Crippen LogP contribution < -0.4 is 10.3 Å². The highest BCUT2D eigenvalue weighted by Crippen LogP contribution is 2.08. The minimum atomic E-state index is -3.68. The molecule has 18 heavy (non-hydrogen) atoms. The second-order valence-electron chi connectivity index (χ2n) is 4.07. The van der Waals surface area contributed by atoms with Gasteiger partial charge in [-0.1, -0.05) is 31.0 Å². The highest BCUT2D eigenvalue weighted by molar-refractivity contribution is 7.89. The number of nitrogens with one attached hydrogen (secondary N) is 2. The topological polar surface area (TPSA) is 75.3 Å². The van der Waals surface area contributed by atoms with E-state index in [2.05, 4.69) is 10.3 Å². The Bertz CT molecular complexity index is 495. The lowest BCUT2D eigenvalue weighted by molar-refractivity contribution is -0.121. The van der Waals surface area contributed by atoms with E-state index in [1.165, 1.54) is 12.1 Å². The Morgan fingerprint density at radius 1 is 1.22 bits per heavy atom. The Morgan fingerprint density at radius 3 is 2.39 bits per heavy atom. The maximum atomic E-state index is 11.8. The normalized spacial score (nSPS) is 11.2. The predicted octanol–water partition coefficient (Wildman–Crippen LogP) is 1.49. The van der Waals surface area contributed by atoms with Gasteiger partial charge >= 0.3 is 0 Å². The molecule has 0 aliphatic rings. The number of carbonyl (C=O) groups is 1. The van der Waals surface area contributed by atoms with Crippen LogP contribution in [0.25, 0.3) is 0 Å². The van der Waals surface area contributed by atoms with Crippen molar-refractivity contribution in [3.63, 3.8) is 0 Å². The molecule has 0 radical (unpaired) electrons. The molecular weight excluding hydrogens is 252 g/mol. The number of carbonyl (C=O) groups excluding carboxylic acids is 1. The summed E-state index contributed by atoms with van der Waals surface area (Å²) < 4.78 is 23.6. The van der Waals surface area contributed by atoms with Crippen LogP contribution in [0.1, 0.15) is 31.7 Å². The van der Waals surface area contributed by atoms with Gasteiger partial charge in [0, 0.05) is 6.42 Å². The maximum absolute atomic E-state index is 11.8. The first-order valence-electron chi connectivity index (χ1n) is 5.83. The van der Waals surface area contributed by atoms with Gasteiger partial charge in [-0.3, -0.25) is 10.2 Å². The molecule has 0 unspecified atom stereocenters. The molecule has 100 valence electrons. The Morgan fingerprint density at radius 2 is 1.83 bits per heavy atom. The van der Waals surface area contributed by atoms with Crippen LogP contribution >= 0.6 is 0 Å². The van der Waals surface area contributed by atoms with E-state index in [9.17, 15) is 13.2 Å². The molecular formula is C12H18N2O3S. The molecule has 6 heteroatoms. The van der Waals surface area contributed by atoms with Crippen molar-refractivity contribution < 1.29 is 13.2 Å². The molecule has 0 aliphatic carbocycles. The monoisotopic (exact) mass is 270 g/mol. The lowest BCUT2D eigenvalue weighted by Gasteiger charge is -2.08. The molecule has 0 bridgehead atoms. The van der Waals surface area contributed by atoms with Gasteiger partial charge in [-0.25, -0.2) is 8.42 Å². The summed E-state index contributed by atoms with van der Waals surface area (Å²) in [6, 6.07) is 6.40. The molecule has 1 rings (SSSR count). The van der Waals surface area contributed by atoms with E-state index >= 15 is 0 Å². The molecule has 0 fully saturated rings. The Kier molecular flexibility index (Phi) is 5.30. The molecule has 0 saturated carbocycles. The summed E-state index contributed by atoms with van der Waals surface area (Å²) in [5.74, 6) is -0.326. The lowest BCUT2D eigenvalue weighted by atomic mass is 10.2. The number of sulfonamides is 1. The molecule has 0 spiro atoms. The largest absolute Gasteiger partial charge is 0.278 e. The summed E-state index contributed by atoms with van der Waals surface area (Å²) in [5.41, 5.74) is 3.17. The van der Waals surface area contributed by atoms with Gasteiger partial charge in [-0.15, -0.1) is 4.83 Å². The standard InChI is InChI=1S/C12H18N2O3S/c1-3-4-5-12(15)13-14-18(16,17)11-8-6-10(2)7-9-11/h6-9,14H,3-5H2,1-2H3,(H,13,15). The van der Waals surface area contributed by atoms with Gasteiger partial charge < -0.3 is 0 Å². The minimum Gasteiger partial charge on any atom is -0.278 e. The molecule has 1 amide bonds. The molecule has 0 heterocycles. The molecule has 0 atom stereocenters. The molecule has 0 aliphatic heterocycles. The van der Waals surface area contributed by atoms with E-state index in [1.54, 1.807) is 12.1 Å². The van der Waals surface area contributed by atoms with Crippen LogP contribution in [0.15, 0.2) is 29.2 Å². The number of rotatable bonds is 6. The second-order valence-corrected chi connectivity index (χ2v) is 5.75. The zero-order chi connectivity index (χ0) is 13.6. The molecule has 1 aromatic carbocycles. The zero-order valence-electron chi connectivity index (χ0n) is 10.6. The van der Waals surface area contributed by atoms with E-state index in [4.69, 9.17) is 0 Å². The average molecular weight is 270 g/mol. The van der Waals surface area contributed by atoms with Crippen LogP contribution in [-0.2, 0) is 14.8 Å². The van der Waals surface area contributed by atoms with Crippen LogP contribution in [0.2, 0.25) is 0 Å². The van der Waals surface area contributed by atoms with Gasteiger partial charge in [0.05, 0.1) is 4.90 Å². The smallest absolute Gasteiger partial charge is 0.257 e. The van der Waals surface area contributed by atoms with Crippen molar-refractivity contribution in [2.75, 3.05) is 0 Å². The average Bonchev–Trinajstić information content (AvgIpc) is 2.34. The van der Waals surface area contributed by atoms with Gasteiger partial charge in [0.1, 0.15) is 0 Å². The Balaban J connectivity index is 2.60. The molecule has 2 N–H and O–H groups in total. The first-order valence-corrected chi connectivity index (χ1v) is 7.31. The maximum Gasteiger partial charge on any atom is 0.257 e. The number of hydrazine groups is 1. The number of aryl methyl sites for hydroxylation is 1. The highest BCUT2D eigenvalue weighted by atomic mass is 32.2. The highest BCUT2D eigenvalue weighted by Gasteiger charge is 2.14. The third-order valence-corrected chi connectivity index (χ3v) is 3.68. The summed E-state index contributed by atoms with van der Waals surface area (Å²) in [6.45, 7) is 3.83. The van der Waals surface area contributed by atoms with Crippen LogP contribution in [0.5, 0.6) is 0 Å². The van der Waals surface area contributed by atoms with Gasteiger partial charge in [-0.2, -0.15) is 0 Å². The number of unbranched alkanes of at least 4 members (excludes halogenated alkanes) is 1. The minimum absolute atomic E-state index is 0.129. The fourth-order valence-electron chi connectivity index (χ4n) is 1.30. The van der Waals surface area contributed by atoms with E-state index in [-0.39, 0.29) is 10.8 Å². The fraction of sp³-hybridized carbons (Fsp3) is 0.417. The van der Waals surface area contributed by atoms with Crippen molar-refractivity contribution in [3.05, 3.63) is 29.8 Å². The predicted molar refractivity (Wildman–Crippen MR) is 69.2 cm³/mol. The van der Waals surface area contributed by atoms with Gasteiger partial charge in [0.2, 0.25) is 5.91 Å². The van der Waals surface area contributed by atoms with Gasteiger partial charge in [-0.05, 0) is 25.5 Å². The van der Waals surface area contributed by atoms with E-state index in [0.717, 1.165) is 18.4 Å². The van der Waals surface area contributed by atoms with Crippen molar-refractivity contribution in [1.29, 1.82) is 0 Å². The van der Waals surface area contributed by atoms with Crippen LogP contribution in [0.4, 0.5) is 0 Å². The van der Waals surface area contributed by atoms with Crippen LogP contribution in [0.3, 0.4) is 0 Å². The summed E-state index contributed by atoms with van der Waals surface area (Å²) in [6.07, 6.45) is 1.93. The number of benzene rings is 1. The Hall–Kier alpha value is -1.40. The van der Waals surface area contributed by atoms with Crippen molar-refractivity contribution in [3.8, 4) is 0 Å². The van der Waals surface area contributed by atoms with Crippen molar-refractivity contribution in [2.24, 2.45) is 0 Å². The quantitative estimate of drug-likeness (QED) is 0.769. The van der Waals surface area contributed by atoms with E-state index in [0.29, 0.717) is 6.42 Å². The lowest BCUT2D eigenvalue weighted by Crippen LogP contribution is -2.41. The molecule has 1 aromatic rings. The fourth-order valence-corrected chi connectivity index (χ4v) is 2.16. The molecule has 5 nitrogen and oxygen atoms in total. The first-order chi connectivity index (χ1) is 8.45. The number of hydrogen-bond acceptors (Lipinski definition) is 3. The summed E-state index contributed by atoms with van der Waals surface area (Å²) in [4.78, 5) is 13.5. The third kappa shape index (κ3) is 4.46. The summed E-state index contributed by atoms with van der Waals surface area (Å²) in [7, 11) is -3.68. The zero-order valence-corrected chi connectivity index (χ0v) is 11.4. The summed E-state index contributed by atoms with van der Waals surface area (Å²) >= 11 is 0. The number of amides is 1. The summed E-state index contributed by atoms with van der Waals surface area (Å²) in [5, 5.41) is 0. The Labute approximate surface area is 108 Å². The first kappa shape index (κ1) is 14.7. The van der Waals surface area contributed by atoms with Crippen molar-refractivity contribution in [1.82, 2.24) is 10.3 Å².